The molecule has 0 saturated carbocycles. The van der Waals surface area contributed by atoms with Crippen molar-refractivity contribution in [1.29, 1.82) is 0 Å². The van der Waals surface area contributed by atoms with Crippen LogP contribution >= 0.6 is 0 Å². The summed E-state index contributed by atoms with van der Waals surface area (Å²) in [5.74, 6) is -0.840. The highest BCUT2D eigenvalue weighted by Crippen LogP contribution is 2.41. The van der Waals surface area contributed by atoms with Crippen LogP contribution in [0.5, 0.6) is 5.88 Å². The standard InChI is InChI=1S/C31H40N2O5/c1-21(2)27-26(28(35)32-23-17-11-7-12-18-23)25(22-15-9-6-10-16-22)29(36)33(27)20-14-8-13-19-24(34)30(37)38-31(3,4)5/h6-7,9-12,15-18,21,24,34,36H,8,13-14,19-20H2,1-5H3,(H,32,35). The number of rotatable bonds is 11. The predicted octanol–water partition coefficient (Wildman–Crippen LogP) is 6.50. The number of benzene rings is 2. The van der Waals surface area contributed by atoms with Crippen LogP contribution in [0.2, 0.25) is 0 Å². The summed E-state index contributed by atoms with van der Waals surface area (Å²) in [4.78, 5) is 25.6. The van der Waals surface area contributed by atoms with Crippen LogP contribution in [0.1, 0.15) is 82.3 Å². The zero-order valence-corrected chi connectivity index (χ0v) is 23.0. The molecule has 2 aromatic carbocycles. The van der Waals surface area contributed by atoms with E-state index in [2.05, 4.69) is 5.32 Å². The van der Waals surface area contributed by atoms with E-state index in [0.717, 1.165) is 17.7 Å². The fourth-order valence-electron chi connectivity index (χ4n) is 4.55. The summed E-state index contributed by atoms with van der Waals surface area (Å²) in [7, 11) is 0. The Hall–Kier alpha value is -3.58. The van der Waals surface area contributed by atoms with Gasteiger partial charge in [-0.3, -0.25) is 4.79 Å². The number of anilines is 1. The highest BCUT2D eigenvalue weighted by atomic mass is 16.6. The third-order valence-electron chi connectivity index (χ3n) is 6.18. The molecule has 0 saturated heterocycles. The molecule has 0 bridgehead atoms. The minimum atomic E-state index is -1.15. The van der Waals surface area contributed by atoms with Crippen molar-refractivity contribution in [3.8, 4) is 17.0 Å². The largest absolute Gasteiger partial charge is 0.494 e. The quantitative estimate of drug-likeness (QED) is 0.198. The number of nitrogens with one attached hydrogen (secondary N) is 1. The minimum absolute atomic E-state index is 0.0242. The second-order valence-electron chi connectivity index (χ2n) is 10.8. The van der Waals surface area contributed by atoms with Crippen LogP contribution in [-0.4, -0.2) is 38.4 Å². The number of esters is 1. The maximum Gasteiger partial charge on any atom is 0.335 e. The summed E-state index contributed by atoms with van der Waals surface area (Å²) in [5.41, 5.74) is 2.56. The van der Waals surface area contributed by atoms with Crippen molar-refractivity contribution in [1.82, 2.24) is 4.57 Å². The second-order valence-corrected chi connectivity index (χ2v) is 10.8. The van der Waals surface area contributed by atoms with E-state index in [1.165, 1.54) is 0 Å². The second kappa shape index (κ2) is 12.8. The number of unbranched alkanes of at least 4 members (excludes halogenated alkanes) is 2. The molecule has 1 amide bonds. The van der Waals surface area contributed by atoms with E-state index < -0.39 is 17.7 Å². The lowest BCUT2D eigenvalue weighted by Gasteiger charge is -2.21. The molecule has 0 radical (unpaired) electrons. The van der Waals surface area contributed by atoms with Gasteiger partial charge >= 0.3 is 5.97 Å². The van der Waals surface area contributed by atoms with Gasteiger partial charge in [0.15, 0.2) is 12.0 Å². The van der Waals surface area contributed by atoms with Gasteiger partial charge in [0.25, 0.3) is 5.91 Å². The minimum Gasteiger partial charge on any atom is -0.494 e. The number of carbonyl (C=O) groups is 2. The van der Waals surface area contributed by atoms with Gasteiger partial charge in [-0.15, -0.1) is 0 Å². The van der Waals surface area contributed by atoms with Crippen molar-refractivity contribution in [2.75, 3.05) is 5.32 Å². The van der Waals surface area contributed by atoms with E-state index in [1.54, 1.807) is 20.8 Å². The van der Waals surface area contributed by atoms with E-state index in [4.69, 9.17) is 4.74 Å². The van der Waals surface area contributed by atoms with Crippen molar-refractivity contribution < 1.29 is 24.5 Å². The molecule has 0 fully saturated rings. The molecule has 1 atom stereocenters. The molecule has 0 aliphatic heterocycles. The van der Waals surface area contributed by atoms with E-state index in [1.807, 2.05) is 79.1 Å². The number of hydrogen-bond acceptors (Lipinski definition) is 5. The van der Waals surface area contributed by atoms with Crippen molar-refractivity contribution in [3.05, 3.63) is 71.9 Å². The third kappa shape index (κ3) is 7.48. The molecule has 7 nitrogen and oxygen atoms in total. The van der Waals surface area contributed by atoms with Gasteiger partial charge in [0.1, 0.15) is 5.60 Å². The molecular weight excluding hydrogens is 480 g/mol. The smallest absolute Gasteiger partial charge is 0.335 e. The fraction of sp³-hybridized carbons (Fsp3) is 0.419. The maximum absolute atomic E-state index is 13.6. The molecule has 0 aliphatic carbocycles. The van der Waals surface area contributed by atoms with Crippen LogP contribution in [0.3, 0.4) is 0 Å². The molecule has 0 spiro atoms. The number of ether oxygens (including phenoxy) is 1. The topological polar surface area (TPSA) is 101 Å². The lowest BCUT2D eigenvalue weighted by atomic mass is 9.97. The van der Waals surface area contributed by atoms with Gasteiger partial charge in [-0.2, -0.15) is 0 Å². The number of aliphatic hydroxyl groups is 1. The highest BCUT2D eigenvalue weighted by molar-refractivity contribution is 6.11. The first-order valence-electron chi connectivity index (χ1n) is 13.3. The molecule has 204 valence electrons. The van der Waals surface area contributed by atoms with Crippen LogP contribution in [0.25, 0.3) is 11.1 Å². The number of aliphatic hydroxyl groups excluding tert-OH is 1. The van der Waals surface area contributed by atoms with E-state index in [0.29, 0.717) is 42.6 Å². The average Bonchev–Trinajstić information content (AvgIpc) is 3.16. The van der Waals surface area contributed by atoms with E-state index in [-0.39, 0.29) is 17.7 Å². The molecule has 3 N–H and O–H groups in total. The summed E-state index contributed by atoms with van der Waals surface area (Å²) >= 11 is 0. The normalized spacial score (nSPS) is 12.4. The molecule has 1 unspecified atom stereocenters. The zero-order valence-electron chi connectivity index (χ0n) is 23.0. The van der Waals surface area contributed by atoms with Crippen molar-refractivity contribution >= 4 is 17.6 Å². The molecule has 7 heteroatoms. The van der Waals surface area contributed by atoms with E-state index in [9.17, 15) is 19.8 Å². The predicted molar refractivity (Wildman–Crippen MR) is 150 cm³/mol. The number of aromatic nitrogens is 1. The van der Waals surface area contributed by atoms with Crippen molar-refractivity contribution in [3.63, 3.8) is 0 Å². The summed E-state index contributed by atoms with van der Waals surface area (Å²) in [6.45, 7) is 9.83. The van der Waals surface area contributed by atoms with Gasteiger partial charge in [-0.25, -0.2) is 4.79 Å². The SMILES string of the molecule is CC(C)c1c(C(=O)Nc2ccccc2)c(-c2ccccc2)c(O)n1CCCCCC(O)C(=O)OC(C)(C)C. The lowest BCUT2D eigenvalue weighted by Crippen LogP contribution is -2.31. The van der Waals surface area contributed by atoms with Gasteiger partial charge in [-0.1, -0.05) is 75.2 Å². The summed E-state index contributed by atoms with van der Waals surface area (Å²) in [5, 5.41) is 24.5. The Bertz CT molecular complexity index is 1210. The van der Waals surface area contributed by atoms with Gasteiger partial charge < -0.3 is 24.8 Å². The molecule has 3 rings (SSSR count). The summed E-state index contributed by atoms with van der Waals surface area (Å²) in [6.07, 6.45) is 1.23. The van der Waals surface area contributed by atoms with Crippen LogP contribution in [0, 0.1) is 0 Å². The van der Waals surface area contributed by atoms with Crippen LogP contribution in [0.15, 0.2) is 60.7 Å². The number of aromatic hydroxyl groups is 1. The van der Waals surface area contributed by atoms with Crippen LogP contribution < -0.4 is 5.32 Å². The maximum atomic E-state index is 13.6. The average molecular weight is 521 g/mol. The Labute approximate surface area is 225 Å². The van der Waals surface area contributed by atoms with Gasteiger partial charge in [0, 0.05) is 17.9 Å². The highest BCUT2D eigenvalue weighted by Gasteiger charge is 2.30. The fourth-order valence-corrected chi connectivity index (χ4v) is 4.55. The Balaban J connectivity index is 1.82. The molecule has 0 aliphatic rings. The van der Waals surface area contributed by atoms with Crippen molar-refractivity contribution in [2.24, 2.45) is 0 Å². The first kappa shape index (κ1) is 29.0. The van der Waals surface area contributed by atoms with Crippen molar-refractivity contribution in [2.45, 2.75) is 84.5 Å². The Kier molecular flexibility index (Phi) is 9.75. The molecule has 38 heavy (non-hydrogen) atoms. The van der Waals surface area contributed by atoms with E-state index >= 15 is 0 Å². The Morgan fingerprint density at radius 3 is 2.13 bits per heavy atom. The summed E-state index contributed by atoms with van der Waals surface area (Å²) < 4.78 is 7.07. The van der Waals surface area contributed by atoms with Crippen LogP contribution in [-0.2, 0) is 16.1 Å². The monoisotopic (exact) mass is 520 g/mol. The van der Waals surface area contributed by atoms with Gasteiger partial charge in [0.05, 0.1) is 11.1 Å². The summed E-state index contributed by atoms with van der Waals surface area (Å²) in [6, 6.07) is 18.7. The van der Waals surface area contributed by atoms with Gasteiger partial charge in [-0.05, 0) is 57.2 Å². The zero-order chi connectivity index (χ0) is 27.9. The number of nitrogens with zero attached hydrogens (tertiary/aromatic N) is 1. The van der Waals surface area contributed by atoms with Crippen LogP contribution in [0.4, 0.5) is 5.69 Å². The molecule has 3 aromatic rings. The number of para-hydroxylation sites is 1. The lowest BCUT2D eigenvalue weighted by molar-refractivity contribution is -0.165. The molecular formula is C31H40N2O5. The Morgan fingerprint density at radius 1 is 0.947 bits per heavy atom. The molecule has 1 heterocycles. The van der Waals surface area contributed by atoms with Gasteiger partial charge in [0.2, 0.25) is 0 Å². The number of hydrogen-bond donors (Lipinski definition) is 3. The number of carbonyl (C=O) groups excluding carboxylic acids is 2. The first-order valence-corrected chi connectivity index (χ1v) is 13.3. The third-order valence-corrected chi connectivity index (χ3v) is 6.18. The Morgan fingerprint density at radius 2 is 1.55 bits per heavy atom. The number of amides is 1. The molecule has 1 aromatic heterocycles. The first-order chi connectivity index (χ1) is 18.0.